The molecule has 3 nitrogen and oxygen atoms in total. The molecule has 0 aliphatic heterocycles. The Kier molecular flexibility index (Phi) is 6.49. The third-order valence-electron chi connectivity index (χ3n) is 4.38. The number of hydrogen-bond acceptors (Lipinski definition) is 4. The van der Waals surface area contributed by atoms with Gasteiger partial charge in [-0.3, -0.25) is 0 Å². The Hall–Kier alpha value is -0.610. The van der Waals surface area contributed by atoms with Crippen molar-refractivity contribution in [2.24, 2.45) is 5.92 Å². The van der Waals surface area contributed by atoms with Gasteiger partial charge in [0, 0.05) is 25.0 Å². The van der Waals surface area contributed by atoms with Gasteiger partial charge in [0.25, 0.3) is 0 Å². The van der Waals surface area contributed by atoms with Crippen molar-refractivity contribution in [3.05, 3.63) is 10.6 Å². The van der Waals surface area contributed by atoms with Gasteiger partial charge in [-0.2, -0.15) is 0 Å². The summed E-state index contributed by atoms with van der Waals surface area (Å²) in [5, 5.41) is 4.65. The minimum absolute atomic E-state index is 0.506. The lowest BCUT2D eigenvalue weighted by Crippen LogP contribution is -2.26. The lowest BCUT2D eigenvalue weighted by Gasteiger charge is -2.26. The van der Waals surface area contributed by atoms with Crippen LogP contribution in [0.15, 0.2) is 0 Å². The average Bonchev–Trinajstić information content (AvgIpc) is 2.90. The summed E-state index contributed by atoms with van der Waals surface area (Å²) in [6.07, 6.45) is 7.06. The summed E-state index contributed by atoms with van der Waals surface area (Å²) in [5.74, 6) is 1.37. The van der Waals surface area contributed by atoms with Crippen molar-refractivity contribution >= 4 is 16.5 Å². The zero-order chi connectivity index (χ0) is 15.2. The van der Waals surface area contributed by atoms with Crippen LogP contribution in [0.4, 0.5) is 5.13 Å². The topological polar surface area (TPSA) is 28.2 Å². The number of anilines is 1. The predicted octanol–water partition coefficient (Wildman–Crippen LogP) is 4.39. The van der Waals surface area contributed by atoms with Crippen LogP contribution in [-0.4, -0.2) is 25.1 Å². The standard InChI is InChI=1S/C17H31N3S/c1-5-18-11-15-16(13(2)3)19-17(21-15)20(4)12-14-9-7-6-8-10-14/h13-14,18H,5-12H2,1-4H3. The van der Waals surface area contributed by atoms with Crippen LogP contribution in [0.1, 0.15) is 69.4 Å². The molecule has 1 aromatic heterocycles. The Bertz CT molecular complexity index is 422. The van der Waals surface area contributed by atoms with Gasteiger partial charge >= 0.3 is 0 Å². The minimum Gasteiger partial charge on any atom is -0.351 e. The molecule has 21 heavy (non-hydrogen) atoms. The van der Waals surface area contributed by atoms with E-state index >= 15 is 0 Å². The number of thiazole rings is 1. The van der Waals surface area contributed by atoms with Crippen LogP contribution < -0.4 is 10.2 Å². The monoisotopic (exact) mass is 309 g/mol. The van der Waals surface area contributed by atoms with Crippen molar-refractivity contribution < 1.29 is 0 Å². The van der Waals surface area contributed by atoms with Crippen molar-refractivity contribution in [2.75, 3.05) is 25.0 Å². The Balaban J connectivity index is 2.03. The molecule has 0 radical (unpaired) electrons. The molecule has 0 spiro atoms. The summed E-state index contributed by atoms with van der Waals surface area (Å²) in [6, 6.07) is 0. The fraction of sp³-hybridized carbons (Fsp3) is 0.824. The van der Waals surface area contributed by atoms with Crippen LogP contribution >= 0.6 is 11.3 Å². The Morgan fingerprint density at radius 2 is 2.00 bits per heavy atom. The fourth-order valence-corrected chi connectivity index (χ4v) is 4.32. The second kappa shape index (κ2) is 8.14. The Morgan fingerprint density at radius 3 is 2.62 bits per heavy atom. The van der Waals surface area contributed by atoms with E-state index in [1.54, 1.807) is 0 Å². The molecule has 0 aromatic carbocycles. The van der Waals surface area contributed by atoms with Gasteiger partial charge in [-0.1, -0.05) is 40.0 Å². The van der Waals surface area contributed by atoms with Gasteiger partial charge in [-0.25, -0.2) is 4.98 Å². The highest BCUT2D eigenvalue weighted by Crippen LogP contribution is 2.32. The first-order chi connectivity index (χ1) is 10.1. The van der Waals surface area contributed by atoms with Crippen LogP contribution in [0.2, 0.25) is 0 Å². The van der Waals surface area contributed by atoms with Gasteiger partial charge in [-0.15, -0.1) is 11.3 Å². The molecule has 0 bridgehead atoms. The zero-order valence-corrected chi connectivity index (χ0v) is 14.9. The van der Waals surface area contributed by atoms with Gasteiger partial charge in [0.15, 0.2) is 5.13 Å². The van der Waals surface area contributed by atoms with Crippen LogP contribution in [0, 0.1) is 5.92 Å². The van der Waals surface area contributed by atoms with E-state index in [1.807, 2.05) is 11.3 Å². The highest BCUT2D eigenvalue weighted by atomic mass is 32.1. The lowest BCUT2D eigenvalue weighted by atomic mass is 9.89. The van der Waals surface area contributed by atoms with Crippen molar-refractivity contribution in [1.82, 2.24) is 10.3 Å². The maximum atomic E-state index is 4.93. The molecule has 1 N–H and O–H groups in total. The molecule has 120 valence electrons. The van der Waals surface area contributed by atoms with E-state index < -0.39 is 0 Å². The number of nitrogens with zero attached hydrogens (tertiary/aromatic N) is 2. The molecule has 1 aromatic rings. The SMILES string of the molecule is CCNCc1sc(N(C)CC2CCCCC2)nc1C(C)C. The van der Waals surface area contributed by atoms with Crippen LogP contribution in [-0.2, 0) is 6.54 Å². The van der Waals surface area contributed by atoms with Gasteiger partial charge in [0.05, 0.1) is 5.69 Å². The summed E-state index contributed by atoms with van der Waals surface area (Å²) < 4.78 is 0. The fourth-order valence-electron chi connectivity index (χ4n) is 3.17. The summed E-state index contributed by atoms with van der Waals surface area (Å²) in [5.41, 5.74) is 1.28. The summed E-state index contributed by atoms with van der Waals surface area (Å²) in [6.45, 7) is 9.80. The quantitative estimate of drug-likeness (QED) is 0.809. The first kappa shape index (κ1) is 16.8. The zero-order valence-electron chi connectivity index (χ0n) is 14.1. The van der Waals surface area contributed by atoms with Crippen molar-refractivity contribution in [3.63, 3.8) is 0 Å². The molecule has 0 atom stereocenters. The lowest BCUT2D eigenvalue weighted by molar-refractivity contribution is 0.362. The second-order valence-corrected chi connectivity index (χ2v) is 7.69. The predicted molar refractivity (Wildman–Crippen MR) is 93.4 cm³/mol. The second-order valence-electron chi connectivity index (χ2n) is 6.62. The highest BCUT2D eigenvalue weighted by molar-refractivity contribution is 7.15. The smallest absolute Gasteiger partial charge is 0.185 e. The molecule has 4 heteroatoms. The average molecular weight is 310 g/mol. The molecule has 0 saturated heterocycles. The maximum Gasteiger partial charge on any atom is 0.185 e. The Labute approximate surface area is 134 Å². The summed E-state index contributed by atoms with van der Waals surface area (Å²) in [4.78, 5) is 8.74. The van der Waals surface area contributed by atoms with Gasteiger partial charge in [0.2, 0.25) is 0 Å². The normalized spacial score (nSPS) is 16.6. The molecule has 1 fully saturated rings. The van der Waals surface area contributed by atoms with Crippen molar-refractivity contribution in [2.45, 2.75) is 65.3 Å². The number of hydrogen-bond donors (Lipinski definition) is 1. The molecule has 0 amide bonds. The first-order valence-corrected chi connectivity index (χ1v) is 9.34. The van der Waals surface area contributed by atoms with E-state index in [0.29, 0.717) is 5.92 Å². The van der Waals surface area contributed by atoms with E-state index in [2.05, 4.69) is 38.0 Å². The third kappa shape index (κ3) is 4.68. The van der Waals surface area contributed by atoms with E-state index in [0.717, 1.165) is 19.0 Å². The molecule has 1 aliphatic rings. The van der Waals surface area contributed by atoms with E-state index in [4.69, 9.17) is 4.98 Å². The molecule has 1 saturated carbocycles. The summed E-state index contributed by atoms with van der Waals surface area (Å²) in [7, 11) is 2.22. The molecular weight excluding hydrogens is 278 g/mol. The molecule has 0 unspecified atom stereocenters. The van der Waals surface area contributed by atoms with E-state index in [9.17, 15) is 0 Å². The van der Waals surface area contributed by atoms with Crippen LogP contribution in [0.25, 0.3) is 0 Å². The largest absolute Gasteiger partial charge is 0.351 e. The minimum atomic E-state index is 0.506. The number of rotatable bonds is 7. The highest BCUT2D eigenvalue weighted by Gasteiger charge is 2.20. The molecule has 2 rings (SSSR count). The van der Waals surface area contributed by atoms with Crippen LogP contribution in [0.5, 0.6) is 0 Å². The van der Waals surface area contributed by atoms with Gasteiger partial charge in [-0.05, 0) is 31.2 Å². The molecular formula is C17H31N3S. The molecule has 1 aliphatic carbocycles. The summed E-state index contributed by atoms with van der Waals surface area (Å²) >= 11 is 1.88. The van der Waals surface area contributed by atoms with E-state index in [1.165, 1.54) is 54.4 Å². The van der Waals surface area contributed by atoms with Crippen molar-refractivity contribution in [3.8, 4) is 0 Å². The van der Waals surface area contributed by atoms with Gasteiger partial charge in [0.1, 0.15) is 0 Å². The maximum absolute atomic E-state index is 4.93. The van der Waals surface area contributed by atoms with Crippen LogP contribution in [0.3, 0.4) is 0 Å². The number of nitrogens with one attached hydrogen (secondary N) is 1. The number of aromatic nitrogens is 1. The van der Waals surface area contributed by atoms with E-state index in [-0.39, 0.29) is 0 Å². The molecule has 1 heterocycles. The Morgan fingerprint density at radius 1 is 1.29 bits per heavy atom. The third-order valence-corrected chi connectivity index (χ3v) is 5.57. The van der Waals surface area contributed by atoms with Crippen molar-refractivity contribution in [1.29, 1.82) is 0 Å². The first-order valence-electron chi connectivity index (χ1n) is 8.53. The van der Waals surface area contributed by atoms with Gasteiger partial charge < -0.3 is 10.2 Å².